The minimum Gasteiger partial charge on any atom is -0.380 e. The average molecular weight is 291 g/mol. The van der Waals surface area contributed by atoms with Gasteiger partial charge in [-0.05, 0) is 17.7 Å². The predicted octanol–water partition coefficient (Wildman–Crippen LogP) is 5.67. The second-order valence-electron chi connectivity index (χ2n) is 2.06. The van der Waals surface area contributed by atoms with Gasteiger partial charge in [-0.2, -0.15) is 0 Å². The van der Waals surface area contributed by atoms with Gasteiger partial charge in [0.05, 0.1) is 6.61 Å². The minimum absolute atomic E-state index is 0.688. The van der Waals surface area contributed by atoms with Gasteiger partial charge in [0.1, 0.15) is 0 Å². The van der Waals surface area contributed by atoms with Gasteiger partial charge in [-0.1, -0.05) is 69.6 Å². The Kier molecular flexibility index (Phi) is 26.4. The number of hydrogen-bond donors (Lipinski definition) is 0. The number of benzene rings is 1. The number of rotatable bonds is 2. The van der Waals surface area contributed by atoms with Gasteiger partial charge in [0.25, 0.3) is 0 Å². The van der Waals surface area contributed by atoms with Crippen LogP contribution in [0.15, 0.2) is 28.7 Å². The van der Waals surface area contributed by atoms with E-state index in [4.69, 9.17) is 4.74 Å². The summed E-state index contributed by atoms with van der Waals surface area (Å²) in [4.78, 5) is 0. The van der Waals surface area contributed by atoms with Crippen molar-refractivity contribution in [3.63, 3.8) is 0 Å². The molecule has 0 aliphatic carbocycles. The predicted molar refractivity (Wildman–Crippen MR) is 78.9 cm³/mol. The smallest absolute Gasteiger partial charge is 0.0713 e. The van der Waals surface area contributed by atoms with Crippen molar-refractivity contribution in [3.8, 4) is 0 Å². The van der Waals surface area contributed by atoms with E-state index in [1.165, 1.54) is 5.56 Å². The van der Waals surface area contributed by atoms with Crippen LogP contribution in [0.5, 0.6) is 0 Å². The molecule has 0 aliphatic heterocycles. The first-order valence-corrected chi connectivity index (χ1v) is 6.85. The van der Waals surface area contributed by atoms with E-state index >= 15 is 0 Å². The first kappa shape index (κ1) is 21.0. The van der Waals surface area contributed by atoms with Crippen LogP contribution in [0.1, 0.15) is 47.1 Å². The summed E-state index contributed by atoms with van der Waals surface area (Å²) in [7, 11) is 1.70. The normalized spacial score (nSPS) is 7.25. The number of halogens is 1. The summed E-state index contributed by atoms with van der Waals surface area (Å²) in [5.41, 5.74) is 1.20. The topological polar surface area (TPSA) is 9.23 Å². The molecular formula is C14H27BrO. The highest BCUT2D eigenvalue weighted by Crippen LogP contribution is 2.10. The molecule has 0 amide bonds. The van der Waals surface area contributed by atoms with E-state index in [-0.39, 0.29) is 0 Å². The van der Waals surface area contributed by atoms with Crippen LogP contribution >= 0.6 is 15.9 Å². The molecule has 0 atom stereocenters. The quantitative estimate of drug-likeness (QED) is 0.681. The lowest BCUT2D eigenvalue weighted by Gasteiger charge is -1.97. The second kappa shape index (κ2) is 20.1. The van der Waals surface area contributed by atoms with Gasteiger partial charge in [-0.15, -0.1) is 0 Å². The van der Waals surface area contributed by atoms with Crippen molar-refractivity contribution >= 4 is 15.9 Å². The van der Waals surface area contributed by atoms with E-state index < -0.39 is 0 Å². The van der Waals surface area contributed by atoms with E-state index in [1.54, 1.807) is 7.11 Å². The zero-order valence-electron chi connectivity index (χ0n) is 11.8. The number of ether oxygens (including phenoxy) is 1. The molecule has 0 aliphatic rings. The maximum Gasteiger partial charge on any atom is 0.0713 e. The van der Waals surface area contributed by atoms with Crippen LogP contribution in [-0.2, 0) is 11.3 Å². The Bertz CT molecular complexity index is 194. The first-order valence-electron chi connectivity index (χ1n) is 6.06. The highest BCUT2D eigenvalue weighted by Gasteiger charge is 1.89. The van der Waals surface area contributed by atoms with E-state index in [1.807, 2.05) is 65.8 Å². The molecule has 0 heterocycles. The lowest BCUT2D eigenvalue weighted by molar-refractivity contribution is 0.185. The second-order valence-corrected chi connectivity index (χ2v) is 2.98. The molecule has 1 rings (SSSR count). The first-order chi connectivity index (χ1) is 7.83. The summed E-state index contributed by atoms with van der Waals surface area (Å²) in [6.45, 7) is 12.7. The van der Waals surface area contributed by atoms with Crippen LogP contribution in [0.4, 0.5) is 0 Å². The summed E-state index contributed by atoms with van der Waals surface area (Å²) in [6, 6.07) is 8.09. The zero-order valence-corrected chi connectivity index (χ0v) is 13.4. The van der Waals surface area contributed by atoms with Gasteiger partial charge in [0.2, 0.25) is 0 Å². The molecule has 0 saturated heterocycles. The fourth-order valence-electron chi connectivity index (χ4n) is 0.747. The monoisotopic (exact) mass is 290 g/mol. The average Bonchev–Trinajstić information content (AvgIpc) is 2.40. The Labute approximate surface area is 110 Å². The molecule has 0 saturated carbocycles. The zero-order chi connectivity index (χ0) is 13.4. The Morgan fingerprint density at radius 3 is 1.56 bits per heavy atom. The molecule has 0 aromatic heterocycles. The Balaban J connectivity index is -0.000000245. The van der Waals surface area contributed by atoms with Gasteiger partial charge in [-0.25, -0.2) is 0 Å². The van der Waals surface area contributed by atoms with Gasteiger partial charge >= 0.3 is 0 Å². The highest BCUT2D eigenvalue weighted by molar-refractivity contribution is 9.10. The molecule has 96 valence electrons. The molecule has 0 fully saturated rings. The molecule has 0 N–H and O–H groups in total. The fraction of sp³-hybridized carbons (Fsp3) is 0.571. The van der Waals surface area contributed by atoms with Crippen molar-refractivity contribution in [3.05, 3.63) is 34.3 Å². The molecule has 0 unspecified atom stereocenters. The maximum absolute atomic E-state index is 4.95. The Morgan fingerprint density at radius 1 is 0.875 bits per heavy atom. The summed E-state index contributed by atoms with van der Waals surface area (Å²) in [5.74, 6) is 0. The molecule has 1 aromatic carbocycles. The molecular weight excluding hydrogens is 264 g/mol. The third kappa shape index (κ3) is 13.7. The largest absolute Gasteiger partial charge is 0.380 e. The number of methoxy groups -OCH3 is 1. The van der Waals surface area contributed by atoms with Crippen LogP contribution < -0.4 is 0 Å². The SMILES string of the molecule is CC.CC.CC.COCc1ccc(Br)cc1. The molecule has 1 nitrogen and oxygen atoms in total. The van der Waals surface area contributed by atoms with Crippen LogP contribution in [0, 0.1) is 0 Å². The third-order valence-electron chi connectivity index (χ3n) is 1.22. The van der Waals surface area contributed by atoms with E-state index in [0.717, 1.165) is 4.47 Å². The standard InChI is InChI=1S/C8H9BrO.3C2H6/c1-10-6-7-2-4-8(9)5-3-7;3*1-2/h2-5H,6H2,1H3;3*1-2H3. The van der Waals surface area contributed by atoms with Crippen LogP contribution in [0.2, 0.25) is 0 Å². The Morgan fingerprint density at radius 2 is 1.25 bits per heavy atom. The van der Waals surface area contributed by atoms with Gasteiger partial charge in [0.15, 0.2) is 0 Å². The fourth-order valence-corrected chi connectivity index (χ4v) is 1.01. The van der Waals surface area contributed by atoms with Crippen LogP contribution in [0.25, 0.3) is 0 Å². The summed E-state index contributed by atoms with van der Waals surface area (Å²) >= 11 is 3.36. The molecule has 0 spiro atoms. The third-order valence-corrected chi connectivity index (χ3v) is 1.75. The highest BCUT2D eigenvalue weighted by atomic mass is 79.9. The van der Waals surface area contributed by atoms with Crippen molar-refractivity contribution < 1.29 is 4.74 Å². The number of hydrogen-bond acceptors (Lipinski definition) is 1. The van der Waals surface area contributed by atoms with Crippen molar-refractivity contribution in [2.45, 2.75) is 48.1 Å². The van der Waals surface area contributed by atoms with Crippen molar-refractivity contribution in [1.82, 2.24) is 0 Å². The molecule has 2 heteroatoms. The molecule has 0 radical (unpaired) electrons. The lowest BCUT2D eigenvalue weighted by Crippen LogP contribution is -1.85. The van der Waals surface area contributed by atoms with Crippen molar-refractivity contribution in [1.29, 1.82) is 0 Å². The van der Waals surface area contributed by atoms with Crippen molar-refractivity contribution in [2.75, 3.05) is 7.11 Å². The van der Waals surface area contributed by atoms with Gasteiger partial charge in [0, 0.05) is 11.6 Å². The Hall–Kier alpha value is -0.340. The minimum atomic E-state index is 0.688. The van der Waals surface area contributed by atoms with E-state index in [2.05, 4.69) is 15.9 Å². The van der Waals surface area contributed by atoms with Crippen LogP contribution in [-0.4, -0.2) is 7.11 Å². The van der Waals surface area contributed by atoms with Crippen molar-refractivity contribution in [2.24, 2.45) is 0 Å². The summed E-state index contributed by atoms with van der Waals surface area (Å²) in [6.07, 6.45) is 0. The maximum atomic E-state index is 4.95. The van der Waals surface area contributed by atoms with E-state index in [9.17, 15) is 0 Å². The molecule has 16 heavy (non-hydrogen) atoms. The lowest BCUT2D eigenvalue weighted by atomic mass is 10.2. The summed E-state index contributed by atoms with van der Waals surface area (Å²) < 4.78 is 6.06. The molecule has 1 aromatic rings. The van der Waals surface area contributed by atoms with Gasteiger partial charge < -0.3 is 4.74 Å². The van der Waals surface area contributed by atoms with E-state index in [0.29, 0.717) is 6.61 Å². The van der Waals surface area contributed by atoms with Crippen LogP contribution in [0.3, 0.4) is 0 Å². The molecule has 0 bridgehead atoms. The summed E-state index contributed by atoms with van der Waals surface area (Å²) in [5, 5.41) is 0. The van der Waals surface area contributed by atoms with Gasteiger partial charge in [-0.3, -0.25) is 0 Å².